The molecule has 214 valence electrons. The molecule has 1 aliphatic heterocycles. The second kappa shape index (κ2) is 16.8. The number of unbranched alkanes of at least 4 members (excludes halogenated alkanes) is 3. The molecule has 11 heteroatoms. The number of rotatable bonds is 15. The second-order valence-electron chi connectivity index (χ2n) is 9.53. The Kier molecular flexibility index (Phi) is 15.0. The summed E-state index contributed by atoms with van der Waals surface area (Å²) in [4.78, 5) is 47.8. The van der Waals surface area contributed by atoms with Gasteiger partial charge in [-0.25, -0.2) is 0 Å². The summed E-state index contributed by atoms with van der Waals surface area (Å²) < 4.78 is 33.5. The first-order valence-corrected chi connectivity index (χ1v) is 15.7. The summed E-state index contributed by atoms with van der Waals surface area (Å²) in [5.41, 5.74) is 0. The largest absolute Gasteiger partial charge is 0.463 e. The van der Waals surface area contributed by atoms with Crippen molar-refractivity contribution in [2.75, 3.05) is 25.1 Å². The van der Waals surface area contributed by atoms with Crippen LogP contribution in [0.4, 0.5) is 0 Å². The molecule has 1 saturated heterocycles. The Morgan fingerprint density at radius 1 is 0.676 bits per heavy atom. The number of carbonyl (C=O) groups is 4. The second-order valence-corrected chi connectivity index (χ2v) is 13.3. The molecule has 37 heavy (non-hydrogen) atoms. The van der Waals surface area contributed by atoms with Crippen molar-refractivity contribution in [3.8, 4) is 0 Å². The zero-order chi connectivity index (χ0) is 28.0. The Bertz CT molecular complexity index is 787. The molecule has 0 spiro atoms. The van der Waals surface area contributed by atoms with Crippen LogP contribution in [0, 0.1) is 0 Å². The van der Waals surface area contributed by atoms with Gasteiger partial charge in [0.25, 0.3) is 0 Å². The third-order valence-corrected chi connectivity index (χ3v) is 10.3. The molecule has 1 heterocycles. The van der Waals surface area contributed by atoms with Crippen LogP contribution in [0.25, 0.3) is 0 Å². The summed E-state index contributed by atoms with van der Waals surface area (Å²) in [6.07, 6.45) is 3.51. The lowest BCUT2D eigenvalue weighted by Gasteiger charge is -2.44. The predicted molar refractivity (Wildman–Crippen MR) is 141 cm³/mol. The summed E-state index contributed by atoms with van der Waals surface area (Å²) in [5, 5.41) is 0. The molecule has 5 atom stereocenters. The number of hydrogen-bond donors (Lipinski definition) is 0. The first kappa shape index (κ1) is 33.1. The van der Waals surface area contributed by atoms with Crippen LogP contribution in [-0.2, 0) is 42.9 Å². The molecule has 1 fully saturated rings. The van der Waals surface area contributed by atoms with Gasteiger partial charge < -0.3 is 23.7 Å². The van der Waals surface area contributed by atoms with E-state index in [-0.39, 0.29) is 6.61 Å². The van der Waals surface area contributed by atoms with Crippen LogP contribution in [0.15, 0.2) is 4.74 Å². The van der Waals surface area contributed by atoms with Crippen molar-refractivity contribution >= 4 is 30.9 Å². The van der Waals surface area contributed by atoms with Crippen molar-refractivity contribution in [3.63, 3.8) is 0 Å². The van der Waals surface area contributed by atoms with Crippen LogP contribution in [0.1, 0.15) is 87.0 Å². The van der Waals surface area contributed by atoms with Crippen molar-refractivity contribution < 1.29 is 42.9 Å². The van der Waals surface area contributed by atoms with Crippen LogP contribution in [0.5, 0.6) is 0 Å². The zero-order valence-electron chi connectivity index (χ0n) is 23.5. The minimum Gasteiger partial charge on any atom is -0.463 e. The van der Waals surface area contributed by atoms with Gasteiger partial charge in [-0.1, -0.05) is 40.0 Å². The molecule has 1 rings (SSSR count). The van der Waals surface area contributed by atoms with Gasteiger partial charge in [0, 0.05) is 27.7 Å². The van der Waals surface area contributed by atoms with Gasteiger partial charge >= 0.3 is 23.9 Å². The average Bonchev–Trinajstić information content (AvgIpc) is 2.81. The van der Waals surface area contributed by atoms with Gasteiger partial charge in [-0.05, 0) is 44.8 Å². The summed E-state index contributed by atoms with van der Waals surface area (Å²) in [6, 6.07) is 0. The molecular formula is C26H46NO9P. The lowest BCUT2D eigenvalue weighted by atomic mass is 9.97. The van der Waals surface area contributed by atoms with E-state index < -0.39 is 61.6 Å². The van der Waals surface area contributed by atoms with E-state index in [1.165, 1.54) is 27.7 Å². The van der Waals surface area contributed by atoms with Gasteiger partial charge in [0.2, 0.25) is 0 Å². The first-order chi connectivity index (χ1) is 17.5. The molecule has 0 aromatic rings. The lowest BCUT2D eigenvalue weighted by molar-refractivity contribution is -0.250. The number of hydrogen-bond acceptors (Lipinski definition) is 10. The SMILES string of the molecule is CCCCP(CCCC)(CCCC)=N[C@@H]1O[C@H](COC(C)=O)[C@H](OC(C)=O)[C@H](OC(C)=O)[C@H]1OC(C)=O. The summed E-state index contributed by atoms with van der Waals surface area (Å²) in [5.74, 6) is -2.44. The van der Waals surface area contributed by atoms with Gasteiger partial charge in [0.05, 0.1) is 0 Å². The van der Waals surface area contributed by atoms with Crippen LogP contribution < -0.4 is 0 Å². The molecule has 0 aromatic carbocycles. The molecule has 10 nitrogen and oxygen atoms in total. The third kappa shape index (κ3) is 11.6. The van der Waals surface area contributed by atoms with Gasteiger partial charge in [-0.2, -0.15) is 0 Å². The fraction of sp³-hybridized carbons (Fsp3) is 0.846. The highest BCUT2D eigenvalue weighted by Gasteiger charge is 2.52. The summed E-state index contributed by atoms with van der Waals surface area (Å²) in [6.45, 7) is 11.1. The minimum atomic E-state index is -1.91. The summed E-state index contributed by atoms with van der Waals surface area (Å²) in [7, 11) is -1.91. The minimum absolute atomic E-state index is 0.242. The van der Waals surface area contributed by atoms with Crippen molar-refractivity contribution in [3.05, 3.63) is 0 Å². The number of nitrogens with zero attached hydrogens (tertiary/aromatic N) is 1. The van der Waals surface area contributed by atoms with E-state index in [1.54, 1.807) is 0 Å². The monoisotopic (exact) mass is 547 g/mol. The standard InChI is InChI=1S/C26H46NO9P/c1-8-11-14-37(15-12-9-2,16-13-10-3)27-26-25(35-21(7)31)24(34-20(6)30)23(33-19(5)29)22(36-26)17-32-18(4)28/h22-26H,8-17H2,1-7H3/t22-,23+,24+,25-,26-/m1/s1. The van der Waals surface area contributed by atoms with Crippen LogP contribution in [0.2, 0.25) is 0 Å². The Hall–Kier alpha value is -1.93. The Labute approximate surface area is 221 Å². The van der Waals surface area contributed by atoms with Crippen LogP contribution in [-0.4, -0.2) is 79.6 Å². The Balaban J connectivity index is 3.71. The molecule has 0 amide bonds. The Morgan fingerprint density at radius 2 is 1.11 bits per heavy atom. The zero-order valence-corrected chi connectivity index (χ0v) is 24.4. The van der Waals surface area contributed by atoms with Gasteiger partial charge in [0.15, 0.2) is 24.5 Å². The summed E-state index contributed by atoms with van der Waals surface area (Å²) >= 11 is 0. The molecule has 1 aliphatic rings. The molecule has 0 N–H and O–H groups in total. The molecule has 0 radical (unpaired) electrons. The van der Waals surface area contributed by atoms with E-state index in [4.69, 9.17) is 28.4 Å². The molecule has 0 saturated carbocycles. The van der Waals surface area contributed by atoms with Gasteiger partial charge in [0.1, 0.15) is 12.7 Å². The van der Waals surface area contributed by atoms with Crippen LogP contribution >= 0.6 is 7.05 Å². The van der Waals surface area contributed by atoms with Crippen molar-refractivity contribution in [1.82, 2.24) is 0 Å². The third-order valence-electron chi connectivity index (χ3n) is 6.11. The van der Waals surface area contributed by atoms with Gasteiger partial charge in [-0.15, -0.1) is 0 Å². The maximum atomic E-state index is 12.2. The fourth-order valence-corrected chi connectivity index (χ4v) is 8.81. The average molecular weight is 548 g/mol. The quantitative estimate of drug-likeness (QED) is 0.163. The predicted octanol–water partition coefficient (Wildman–Crippen LogP) is 4.67. The van der Waals surface area contributed by atoms with E-state index in [1.807, 2.05) is 0 Å². The fourth-order valence-electron chi connectivity index (χ4n) is 4.41. The highest BCUT2D eigenvalue weighted by molar-refractivity contribution is 7.66. The molecule has 0 aromatic heterocycles. The van der Waals surface area contributed by atoms with Crippen LogP contribution in [0.3, 0.4) is 0 Å². The highest BCUT2D eigenvalue weighted by atomic mass is 31.2. The van der Waals surface area contributed by atoms with E-state index in [9.17, 15) is 19.2 Å². The van der Waals surface area contributed by atoms with E-state index in [0.717, 1.165) is 57.0 Å². The van der Waals surface area contributed by atoms with Crippen molar-refractivity contribution in [2.45, 2.75) is 118 Å². The van der Waals surface area contributed by atoms with E-state index >= 15 is 0 Å². The topological polar surface area (TPSA) is 127 Å². The van der Waals surface area contributed by atoms with Crippen molar-refractivity contribution in [1.29, 1.82) is 0 Å². The first-order valence-electron chi connectivity index (χ1n) is 13.4. The maximum absolute atomic E-state index is 12.2. The molecule has 0 bridgehead atoms. The molecule has 0 aliphatic carbocycles. The van der Waals surface area contributed by atoms with Gasteiger partial charge in [-0.3, -0.25) is 23.9 Å². The van der Waals surface area contributed by atoms with E-state index in [0.29, 0.717) is 0 Å². The number of ether oxygens (including phenoxy) is 5. The molecular weight excluding hydrogens is 501 g/mol. The highest BCUT2D eigenvalue weighted by Crippen LogP contribution is 2.53. The number of esters is 4. The van der Waals surface area contributed by atoms with E-state index in [2.05, 4.69) is 20.8 Å². The smallest absolute Gasteiger partial charge is 0.303 e. The lowest BCUT2D eigenvalue weighted by Crippen LogP contribution is -2.61. The van der Waals surface area contributed by atoms with Crippen molar-refractivity contribution in [2.24, 2.45) is 4.74 Å². The normalized spacial score (nSPS) is 23.6. The molecule has 0 unspecified atom stereocenters. The number of carbonyl (C=O) groups excluding carboxylic acids is 4. The Morgan fingerprint density at radius 3 is 1.51 bits per heavy atom. The maximum Gasteiger partial charge on any atom is 0.303 e.